The van der Waals surface area contributed by atoms with Crippen molar-refractivity contribution in [3.63, 3.8) is 0 Å². The van der Waals surface area contributed by atoms with Gasteiger partial charge in [-0.3, -0.25) is 14.7 Å². The zero-order valence-electron chi connectivity index (χ0n) is 20.6. The minimum Gasteiger partial charge on any atom is -0.278 e. The monoisotopic (exact) mass is 554 g/mol. The summed E-state index contributed by atoms with van der Waals surface area (Å²) in [5.41, 5.74) is 2.79. The van der Waals surface area contributed by atoms with Crippen LogP contribution in [0.2, 0.25) is 5.02 Å². The van der Waals surface area contributed by atoms with Crippen LogP contribution in [0, 0.1) is 12.8 Å². The fraction of sp³-hybridized carbons (Fsp3) is 0.296. The summed E-state index contributed by atoms with van der Waals surface area (Å²) in [5.74, 6) is 0.229. The maximum Gasteiger partial charge on any atom is 0.260 e. The highest BCUT2D eigenvalue weighted by molar-refractivity contribution is 7.89. The Morgan fingerprint density at radius 2 is 1.84 bits per heavy atom. The van der Waals surface area contributed by atoms with Gasteiger partial charge >= 0.3 is 0 Å². The van der Waals surface area contributed by atoms with E-state index in [2.05, 4.69) is 11.9 Å². The number of carbonyl (C=O) groups is 1. The van der Waals surface area contributed by atoms with Gasteiger partial charge in [-0.05, 0) is 73.7 Å². The molecule has 4 aromatic rings. The summed E-state index contributed by atoms with van der Waals surface area (Å²) in [7, 11) is -3.60. The zero-order chi connectivity index (χ0) is 26.2. The predicted octanol–water partition coefficient (Wildman–Crippen LogP) is 5.92. The number of hydrogen-bond acceptors (Lipinski definition) is 6. The number of aromatic nitrogens is 2. The molecular formula is C27H27ClN4O3S2. The van der Waals surface area contributed by atoms with Crippen molar-refractivity contribution < 1.29 is 13.2 Å². The number of nitrogens with zero attached hydrogens (tertiary/aromatic N) is 4. The molecule has 7 nitrogen and oxygen atoms in total. The van der Waals surface area contributed by atoms with Gasteiger partial charge in [0.2, 0.25) is 10.0 Å². The average molecular weight is 555 g/mol. The van der Waals surface area contributed by atoms with Crippen molar-refractivity contribution in [2.24, 2.45) is 5.92 Å². The summed E-state index contributed by atoms with van der Waals surface area (Å²) in [6.07, 6.45) is 3.38. The van der Waals surface area contributed by atoms with E-state index in [9.17, 15) is 13.2 Å². The van der Waals surface area contributed by atoms with Gasteiger partial charge in [0.1, 0.15) is 0 Å². The largest absolute Gasteiger partial charge is 0.278 e. The molecule has 0 radical (unpaired) electrons. The number of aryl methyl sites for hydroxylation is 1. The van der Waals surface area contributed by atoms with Gasteiger partial charge in [0, 0.05) is 24.8 Å². The summed E-state index contributed by atoms with van der Waals surface area (Å²) in [5, 5.41) is 1.08. The lowest BCUT2D eigenvalue weighted by Crippen LogP contribution is -2.37. The Balaban J connectivity index is 1.47. The molecule has 10 heteroatoms. The fourth-order valence-corrected chi connectivity index (χ4v) is 7.17. The summed E-state index contributed by atoms with van der Waals surface area (Å²) >= 11 is 7.78. The average Bonchev–Trinajstić information content (AvgIpc) is 3.37. The van der Waals surface area contributed by atoms with Gasteiger partial charge < -0.3 is 0 Å². The van der Waals surface area contributed by atoms with E-state index in [1.807, 2.05) is 37.3 Å². The lowest BCUT2D eigenvalue weighted by Gasteiger charge is -2.29. The van der Waals surface area contributed by atoms with Crippen molar-refractivity contribution in [2.75, 3.05) is 18.0 Å². The first-order chi connectivity index (χ1) is 17.7. The van der Waals surface area contributed by atoms with Gasteiger partial charge in [-0.1, -0.05) is 42.0 Å². The van der Waals surface area contributed by atoms with Crippen LogP contribution in [0.4, 0.5) is 5.13 Å². The number of fused-ring (bicyclic) bond motifs is 1. The number of piperidine rings is 1. The highest BCUT2D eigenvalue weighted by Gasteiger charge is 2.29. The molecule has 0 unspecified atom stereocenters. The molecule has 1 amide bonds. The van der Waals surface area contributed by atoms with E-state index in [0.29, 0.717) is 40.4 Å². The van der Waals surface area contributed by atoms with Crippen molar-refractivity contribution in [1.29, 1.82) is 0 Å². The quantitative estimate of drug-likeness (QED) is 0.295. The first kappa shape index (κ1) is 25.8. The van der Waals surface area contributed by atoms with Gasteiger partial charge in [-0.15, -0.1) is 0 Å². The number of amides is 1. The number of halogens is 1. The van der Waals surface area contributed by atoms with E-state index in [1.54, 1.807) is 23.2 Å². The Bertz CT molecular complexity index is 1490. The third kappa shape index (κ3) is 5.27. The Morgan fingerprint density at radius 1 is 1.11 bits per heavy atom. The molecule has 2 aromatic carbocycles. The third-order valence-corrected chi connectivity index (χ3v) is 10.1. The SMILES string of the molecule is Cc1ccc(Cl)c2sc(N(Cc3ccccn3)C(=O)c3ccc(S(=O)(=O)N4CCC(C)CC4)cc3)nc12. The van der Waals surface area contributed by atoms with Crippen LogP contribution in [-0.4, -0.2) is 41.7 Å². The number of benzene rings is 2. The van der Waals surface area contributed by atoms with Crippen molar-refractivity contribution in [2.45, 2.75) is 38.1 Å². The molecule has 37 heavy (non-hydrogen) atoms. The maximum atomic E-state index is 13.8. The molecule has 0 N–H and O–H groups in total. The summed E-state index contributed by atoms with van der Waals surface area (Å²) in [6.45, 7) is 5.34. The van der Waals surface area contributed by atoms with E-state index in [0.717, 1.165) is 28.6 Å². The van der Waals surface area contributed by atoms with Crippen molar-refractivity contribution in [1.82, 2.24) is 14.3 Å². The minimum absolute atomic E-state index is 0.192. The first-order valence-corrected chi connectivity index (χ1v) is 14.7. The smallest absolute Gasteiger partial charge is 0.260 e. The van der Waals surface area contributed by atoms with Crippen molar-refractivity contribution >= 4 is 54.2 Å². The number of thiazole rings is 1. The van der Waals surface area contributed by atoms with Gasteiger partial charge in [0.25, 0.3) is 5.91 Å². The number of sulfonamides is 1. The van der Waals surface area contributed by atoms with E-state index in [-0.39, 0.29) is 17.3 Å². The van der Waals surface area contributed by atoms with Crippen LogP contribution in [0.1, 0.15) is 41.4 Å². The summed E-state index contributed by atoms with van der Waals surface area (Å²) in [4.78, 5) is 24.7. The lowest BCUT2D eigenvalue weighted by atomic mass is 10.0. The Kier molecular flexibility index (Phi) is 7.31. The molecule has 1 aliphatic heterocycles. The van der Waals surface area contributed by atoms with E-state index >= 15 is 0 Å². The molecule has 0 aliphatic carbocycles. The Morgan fingerprint density at radius 3 is 2.49 bits per heavy atom. The molecule has 1 saturated heterocycles. The second-order valence-electron chi connectivity index (χ2n) is 9.36. The van der Waals surface area contributed by atoms with E-state index < -0.39 is 10.0 Å². The predicted molar refractivity (Wildman–Crippen MR) is 148 cm³/mol. The second kappa shape index (κ2) is 10.5. The molecule has 5 rings (SSSR count). The molecule has 0 saturated carbocycles. The lowest BCUT2D eigenvalue weighted by molar-refractivity contribution is 0.0984. The van der Waals surface area contributed by atoms with Crippen LogP contribution < -0.4 is 4.90 Å². The molecule has 2 aromatic heterocycles. The first-order valence-electron chi connectivity index (χ1n) is 12.1. The van der Waals surface area contributed by atoms with Crippen LogP contribution in [0.5, 0.6) is 0 Å². The molecule has 1 aliphatic rings. The Hall–Kier alpha value is -2.85. The topological polar surface area (TPSA) is 83.5 Å². The van der Waals surface area contributed by atoms with Crippen LogP contribution in [-0.2, 0) is 16.6 Å². The normalized spacial score (nSPS) is 15.2. The molecule has 0 atom stereocenters. The van der Waals surface area contributed by atoms with Gasteiger partial charge in [-0.2, -0.15) is 4.31 Å². The summed E-state index contributed by atoms with van der Waals surface area (Å²) in [6, 6.07) is 15.4. The highest BCUT2D eigenvalue weighted by Crippen LogP contribution is 2.36. The highest BCUT2D eigenvalue weighted by atomic mass is 35.5. The van der Waals surface area contributed by atoms with Crippen LogP contribution in [0.3, 0.4) is 0 Å². The number of rotatable bonds is 6. The fourth-order valence-electron chi connectivity index (χ4n) is 4.39. The number of hydrogen-bond donors (Lipinski definition) is 0. The molecule has 192 valence electrons. The van der Waals surface area contributed by atoms with Crippen molar-refractivity contribution in [3.8, 4) is 0 Å². The van der Waals surface area contributed by atoms with Crippen LogP contribution in [0.15, 0.2) is 65.7 Å². The van der Waals surface area contributed by atoms with Gasteiger partial charge in [-0.25, -0.2) is 13.4 Å². The second-order valence-corrected chi connectivity index (χ2v) is 12.7. The maximum absolute atomic E-state index is 13.8. The molecular weight excluding hydrogens is 528 g/mol. The van der Waals surface area contributed by atoms with Crippen molar-refractivity contribution in [3.05, 3.63) is 82.6 Å². The van der Waals surface area contributed by atoms with Crippen LogP contribution >= 0.6 is 22.9 Å². The van der Waals surface area contributed by atoms with E-state index in [4.69, 9.17) is 16.6 Å². The standard InChI is InChI=1S/C27H27ClN4O3S2/c1-18-12-15-31(16-13-18)37(34,35)22-9-7-20(8-10-22)26(33)32(17-21-5-3-4-14-29-21)27-30-24-19(2)6-11-23(28)25(24)36-27/h3-11,14,18H,12-13,15-17H2,1-2H3. The van der Waals surface area contributed by atoms with Crippen LogP contribution in [0.25, 0.3) is 10.2 Å². The van der Waals surface area contributed by atoms with E-state index in [1.165, 1.54) is 27.8 Å². The Labute approximate surface area is 225 Å². The number of anilines is 1. The number of carbonyl (C=O) groups excluding carboxylic acids is 1. The minimum atomic E-state index is -3.60. The van der Waals surface area contributed by atoms with Gasteiger partial charge in [0.15, 0.2) is 5.13 Å². The molecule has 0 spiro atoms. The summed E-state index contributed by atoms with van der Waals surface area (Å²) < 4.78 is 28.6. The molecule has 0 bridgehead atoms. The molecule has 1 fully saturated rings. The molecule has 3 heterocycles. The van der Waals surface area contributed by atoms with Gasteiger partial charge in [0.05, 0.1) is 32.4 Å². The zero-order valence-corrected chi connectivity index (χ0v) is 23.0. The number of pyridine rings is 1. The third-order valence-electron chi connectivity index (χ3n) is 6.69.